The number of rotatable bonds is 4. The van der Waals surface area contributed by atoms with Crippen molar-refractivity contribution in [3.05, 3.63) is 34.5 Å². The van der Waals surface area contributed by atoms with E-state index in [1.165, 1.54) is 11.8 Å². The van der Waals surface area contributed by atoms with E-state index in [1.807, 2.05) is 33.8 Å². The summed E-state index contributed by atoms with van der Waals surface area (Å²) in [6.45, 7) is 9.53. The molecule has 0 atom stereocenters. The first-order valence-electron chi connectivity index (χ1n) is 7.42. The molecule has 1 saturated heterocycles. The summed E-state index contributed by atoms with van der Waals surface area (Å²) in [6, 6.07) is 3.55. The zero-order valence-electron chi connectivity index (χ0n) is 14.1. The highest BCUT2D eigenvalue weighted by atomic mass is 35.5. The standard InChI is InChI=1S/C16H21BClNO3S/c1-11(20)23-10-12(9-14-13(18)7-6-8-19-14)17-21-15(2,3)16(4,5)22-17/h6-9H,10H2,1-5H3. The van der Waals surface area contributed by atoms with Gasteiger partial charge < -0.3 is 9.31 Å². The van der Waals surface area contributed by atoms with E-state index in [9.17, 15) is 4.79 Å². The summed E-state index contributed by atoms with van der Waals surface area (Å²) in [5.41, 5.74) is 0.601. The third-order valence-electron chi connectivity index (χ3n) is 4.11. The van der Waals surface area contributed by atoms with Crippen LogP contribution in [0.2, 0.25) is 5.02 Å². The fraction of sp³-hybridized carbons (Fsp3) is 0.500. The second-order valence-corrected chi connectivity index (χ2v) is 8.02. The Balaban J connectivity index is 2.32. The van der Waals surface area contributed by atoms with Crippen LogP contribution in [0.5, 0.6) is 0 Å². The summed E-state index contributed by atoms with van der Waals surface area (Å²) in [6.07, 6.45) is 3.53. The molecule has 0 unspecified atom stereocenters. The number of carbonyl (C=O) groups excluding carboxylic acids is 1. The predicted molar refractivity (Wildman–Crippen MR) is 96.4 cm³/mol. The number of carbonyl (C=O) groups is 1. The Morgan fingerprint density at radius 2 is 1.96 bits per heavy atom. The Kier molecular flexibility index (Phi) is 5.61. The number of pyridine rings is 1. The first kappa shape index (κ1) is 18.5. The third-order valence-corrected chi connectivity index (χ3v) is 5.31. The molecule has 7 heteroatoms. The van der Waals surface area contributed by atoms with Crippen molar-refractivity contribution >= 4 is 41.7 Å². The van der Waals surface area contributed by atoms with E-state index in [0.29, 0.717) is 16.5 Å². The van der Waals surface area contributed by atoms with E-state index in [2.05, 4.69) is 4.98 Å². The molecule has 0 bridgehead atoms. The van der Waals surface area contributed by atoms with Gasteiger partial charge in [-0.3, -0.25) is 9.78 Å². The lowest BCUT2D eigenvalue weighted by molar-refractivity contribution is -0.109. The van der Waals surface area contributed by atoms with E-state index in [1.54, 1.807) is 25.3 Å². The van der Waals surface area contributed by atoms with Crippen LogP contribution in [0.15, 0.2) is 23.8 Å². The van der Waals surface area contributed by atoms with Crippen molar-refractivity contribution in [2.75, 3.05) is 5.75 Å². The van der Waals surface area contributed by atoms with Crippen molar-refractivity contribution in [2.45, 2.75) is 45.8 Å². The van der Waals surface area contributed by atoms with Gasteiger partial charge in [-0.2, -0.15) is 0 Å². The molecule has 0 aromatic carbocycles. The van der Waals surface area contributed by atoms with Crippen LogP contribution in [0.1, 0.15) is 40.3 Å². The Labute approximate surface area is 147 Å². The van der Waals surface area contributed by atoms with Gasteiger partial charge >= 0.3 is 7.12 Å². The first-order chi connectivity index (χ1) is 10.6. The Morgan fingerprint density at radius 1 is 1.35 bits per heavy atom. The molecule has 0 N–H and O–H groups in total. The van der Waals surface area contributed by atoms with Crippen LogP contribution >= 0.6 is 23.4 Å². The molecular weight excluding hydrogens is 333 g/mol. The van der Waals surface area contributed by atoms with Gasteiger partial charge in [-0.25, -0.2) is 0 Å². The molecule has 23 heavy (non-hydrogen) atoms. The average Bonchev–Trinajstić information content (AvgIpc) is 2.65. The molecule has 4 nitrogen and oxygen atoms in total. The monoisotopic (exact) mass is 353 g/mol. The average molecular weight is 354 g/mol. The zero-order valence-corrected chi connectivity index (χ0v) is 15.6. The van der Waals surface area contributed by atoms with Crippen LogP contribution in [0, 0.1) is 0 Å². The molecule has 124 valence electrons. The van der Waals surface area contributed by atoms with Gasteiger partial charge in [0.25, 0.3) is 0 Å². The summed E-state index contributed by atoms with van der Waals surface area (Å²) in [5, 5.41) is 0.592. The molecule has 2 heterocycles. The summed E-state index contributed by atoms with van der Waals surface area (Å²) in [7, 11) is -0.523. The maximum atomic E-state index is 11.3. The molecular formula is C16H21BClNO3S. The third kappa shape index (κ3) is 4.38. The smallest absolute Gasteiger partial charge is 0.400 e. The molecule has 1 aliphatic rings. The Morgan fingerprint density at radius 3 is 2.48 bits per heavy atom. The van der Waals surface area contributed by atoms with E-state index in [4.69, 9.17) is 20.9 Å². The number of hydrogen-bond acceptors (Lipinski definition) is 5. The van der Waals surface area contributed by atoms with Crippen LogP contribution in [-0.4, -0.2) is 34.2 Å². The van der Waals surface area contributed by atoms with Gasteiger partial charge in [0, 0.05) is 18.9 Å². The van der Waals surface area contributed by atoms with Gasteiger partial charge in [-0.05, 0) is 51.4 Å². The second-order valence-electron chi connectivity index (χ2n) is 6.46. The summed E-state index contributed by atoms with van der Waals surface area (Å²) >= 11 is 7.40. The minimum Gasteiger partial charge on any atom is -0.400 e. The topological polar surface area (TPSA) is 48.4 Å². The highest BCUT2D eigenvalue weighted by Crippen LogP contribution is 2.39. The zero-order chi connectivity index (χ0) is 17.3. The minimum absolute atomic E-state index is 0.0412. The normalized spacial score (nSPS) is 19.9. The quantitative estimate of drug-likeness (QED) is 0.765. The number of halogens is 1. The van der Waals surface area contributed by atoms with E-state index >= 15 is 0 Å². The second kappa shape index (κ2) is 6.97. The first-order valence-corrected chi connectivity index (χ1v) is 8.79. The van der Waals surface area contributed by atoms with Crippen LogP contribution in [0.3, 0.4) is 0 Å². The maximum Gasteiger partial charge on any atom is 0.491 e. The van der Waals surface area contributed by atoms with Gasteiger partial charge in [0.1, 0.15) is 0 Å². The van der Waals surface area contributed by atoms with E-state index in [0.717, 1.165) is 5.47 Å². The molecule has 0 saturated carbocycles. The van der Waals surface area contributed by atoms with Crippen LogP contribution < -0.4 is 0 Å². The van der Waals surface area contributed by atoms with E-state index in [-0.39, 0.29) is 5.12 Å². The highest BCUT2D eigenvalue weighted by Gasteiger charge is 2.52. The maximum absolute atomic E-state index is 11.3. The van der Waals surface area contributed by atoms with Crippen molar-refractivity contribution in [2.24, 2.45) is 0 Å². The molecule has 1 aromatic rings. The Hall–Kier alpha value is -0.815. The van der Waals surface area contributed by atoms with Crippen molar-refractivity contribution in [3.8, 4) is 0 Å². The lowest BCUT2D eigenvalue weighted by Crippen LogP contribution is -2.41. The SMILES string of the molecule is CC(=O)SCC(=Cc1ncccc1Cl)B1OC(C)(C)C(C)(C)O1. The summed E-state index contributed by atoms with van der Waals surface area (Å²) in [4.78, 5) is 15.6. The van der Waals surface area contributed by atoms with Crippen LogP contribution in [0.25, 0.3) is 6.08 Å². The molecule has 1 aromatic heterocycles. The number of thioether (sulfide) groups is 1. The van der Waals surface area contributed by atoms with Gasteiger partial charge in [-0.15, -0.1) is 0 Å². The van der Waals surface area contributed by atoms with Crippen molar-refractivity contribution in [3.63, 3.8) is 0 Å². The number of nitrogens with zero attached hydrogens (tertiary/aromatic N) is 1. The molecule has 0 amide bonds. The van der Waals surface area contributed by atoms with Crippen molar-refractivity contribution in [1.29, 1.82) is 0 Å². The van der Waals surface area contributed by atoms with Crippen LogP contribution in [0.4, 0.5) is 0 Å². The van der Waals surface area contributed by atoms with Crippen molar-refractivity contribution in [1.82, 2.24) is 4.98 Å². The van der Waals surface area contributed by atoms with Gasteiger partial charge in [-0.1, -0.05) is 23.4 Å². The lowest BCUT2D eigenvalue weighted by Gasteiger charge is -2.32. The lowest BCUT2D eigenvalue weighted by atomic mass is 9.78. The summed E-state index contributed by atoms with van der Waals surface area (Å²) in [5.74, 6) is 0.471. The van der Waals surface area contributed by atoms with Crippen LogP contribution in [-0.2, 0) is 14.1 Å². The number of aromatic nitrogens is 1. The molecule has 1 aliphatic heterocycles. The fourth-order valence-corrected chi connectivity index (χ4v) is 2.80. The molecule has 0 aliphatic carbocycles. The van der Waals surface area contributed by atoms with Gasteiger partial charge in [0.2, 0.25) is 0 Å². The highest BCUT2D eigenvalue weighted by molar-refractivity contribution is 8.13. The molecule has 1 fully saturated rings. The predicted octanol–water partition coefficient (Wildman–Crippen LogP) is 4.03. The number of hydrogen-bond donors (Lipinski definition) is 0. The molecule has 0 radical (unpaired) electrons. The fourth-order valence-electron chi connectivity index (χ4n) is 2.04. The van der Waals surface area contributed by atoms with Gasteiger partial charge in [0.15, 0.2) is 5.12 Å². The molecule has 0 spiro atoms. The van der Waals surface area contributed by atoms with Gasteiger partial charge in [0.05, 0.1) is 21.9 Å². The van der Waals surface area contributed by atoms with E-state index < -0.39 is 18.3 Å². The summed E-state index contributed by atoms with van der Waals surface area (Å²) < 4.78 is 12.2. The van der Waals surface area contributed by atoms with Crippen molar-refractivity contribution < 1.29 is 14.1 Å². The largest absolute Gasteiger partial charge is 0.491 e. The minimum atomic E-state index is -0.523. The molecule has 2 rings (SSSR count). The Bertz CT molecular complexity index is 618.